The van der Waals surface area contributed by atoms with E-state index in [4.69, 9.17) is 0 Å². The molecule has 116 valence electrons. The van der Waals surface area contributed by atoms with Gasteiger partial charge < -0.3 is 0 Å². The fourth-order valence-electron chi connectivity index (χ4n) is 2.76. The van der Waals surface area contributed by atoms with E-state index in [9.17, 15) is 0 Å². The minimum atomic E-state index is 0.174. The zero-order valence-corrected chi connectivity index (χ0v) is 14.7. The van der Waals surface area contributed by atoms with Crippen molar-refractivity contribution in [3.8, 4) is 0 Å². The van der Waals surface area contributed by atoms with Crippen molar-refractivity contribution < 1.29 is 0 Å². The first-order valence-corrected chi connectivity index (χ1v) is 8.12. The molecule has 0 radical (unpaired) electrons. The molecule has 0 amide bonds. The van der Waals surface area contributed by atoms with Gasteiger partial charge in [0.05, 0.1) is 0 Å². The Labute approximate surface area is 135 Å². The third-order valence-corrected chi connectivity index (χ3v) is 4.30. The Morgan fingerprint density at radius 2 is 1.68 bits per heavy atom. The summed E-state index contributed by atoms with van der Waals surface area (Å²) in [5, 5.41) is 0. The number of benzene rings is 2. The van der Waals surface area contributed by atoms with Crippen LogP contribution in [-0.2, 0) is 18.3 Å². The summed E-state index contributed by atoms with van der Waals surface area (Å²) >= 11 is 0. The van der Waals surface area contributed by atoms with Gasteiger partial charge in [-0.15, -0.1) is 0 Å². The summed E-state index contributed by atoms with van der Waals surface area (Å²) < 4.78 is 0. The molecule has 0 atom stereocenters. The van der Waals surface area contributed by atoms with Crippen LogP contribution in [0.3, 0.4) is 0 Å². The second kappa shape index (κ2) is 6.52. The van der Waals surface area contributed by atoms with Crippen LogP contribution in [0.5, 0.6) is 0 Å². The zero-order chi connectivity index (χ0) is 16.3. The van der Waals surface area contributed by atoms with Crippen molar-refractivity contribution in [3.63, 3.8) is 0 Å². The van der Waals surface area contributed by atoms with Crippen LogP contribution in [0.15, 0.2) is 43.0 Å². The number of rotatable bonds is 4. The van der Waals surface area contributed by atoms with Crippen LogP contribution < -0.4 is 0 Å². The van der Waals surface area contributed by atoms with Crippen LogP contribution in [0.2, 0.25) is 0 Å². The maximum atomic E-state index is 3.94. The molecule has 2 aromatic carbocycles. The molecular formula is C22H28. The third kappa shape index (κ3) is 4.10. The summed E-state index contributed by atoms with van der Waals surface area (Å²) in [6.45, 7) is 15.1. The molecule has 2 rings (SSSR count). The molecule has 0 unspecified atom stereocenters. The van der Waals surface area contributed by atoms with Gasteiger partial charge in [0.15, 0.2) is 0 Å². The topological polar surface area (TPSA) is 0 Å². The van der Waals surface area contributed by atoms with Crippen LogP contribution in [0.25, 0.3) is 6.08 Å². The van der Waals surface area contributed by atoms with E-state index < -0.39 is 0 Å². The van der Waals surface area contributed by atoms with Crippen LogP contribution in [0, 0.1) is 13.8 Å². The Kier molecular flexibility index (Phi) is 4.90. The molecule has 0 aromatic heterocycles. The Balaban J connectivity index is 2.26. The second-order valence-electron chi connectivity index (χ2n) is 7.35. The minimum Gasteiger partial charge on any atom is -0.0985 e. The van der Waals surface area contributed by atoms with Crippen molar-refractivity contribution in [1.29, 1.82) is 0 Å². The molecule has 0 aliphatic heterocycles. The van der Waals surface area contributed by atoms with Gasteiger partial charge in [0.25, 0.3) is 0 Å². The van der Waals surface area contributed by atoms with Gasteiger partial charge in [-0.05, 0) is 59.9 Å². The molecule has 0 bridgehead atoms. The number of hydrogen-bond donors (Lipinski definition) is 0. The molecule has 0 spiro atoms. The van der Waals surface area contributed by atoms with Crippen LogP contribution in [0.1, 0.15) is 54.2 Å². The largest absolute Gasteiger partial charge is 0.0985 e. The molecule has 0 fully saturated rings. The molecule has 0 aliphatic carbocycles. The fraction of sp³-hybridized carbons (Fsp3) is 0.364. The Morgan fingerprint density at radius 1 is 0.955 bits per heavy atom. The van der Waals surface area contributed by atoms with Crippen molar-refractivity contribution in [1.82, 2.24) is 0 Å². The van der Waals surface area contributed by atoms with Crippen molar-refractivity contribution in [2.45, 2.75) is 52.9 Å². The van der Waals surface area contributed by atoms with E-state index in [1.807, 2.05) is 6.08 Å². The van der Waals surface area contributed by atoms with Gasteiger partial charge >= 0.3 is 0 Å². The predicted octanol–water partition coefficient (Wildman–Crippen LogP) is 6.03. The summed E-state index contributed by atoms with van der Waals surface area (Å²) in [5.41, 5.74) is 8.39. The lowest BCUT2D eigenvalue weighted by Gasteiger charge is -2.21. The molecule has 0 aliphatic rings. The summed E-state index contributed by atoms with van der Waals surface area (Å²) in [4.78, 5) is 0. The van der Waals surface area contributed by atoms with Crippen LogP contribution in [0.4, 0.5) is 0 Å². The SMILES string of the molecule is C=Cc1cc(CCc2cc(C)ccc2C)cc(C(C)(C)C)c1. The molecule has 22 heavy (non-hydrogen) atoms. The second-order valence-corrected chi connectivity index (χ2v) is 7.35. The predicted molar refractivity (Wildman–Crippen MR) is 98.6 cm³/mol. The Bertz CT molecular complexity index is 669. The lowest BCUT2D eigenvalue weighted by atomic mass is 9.84. The number of hydrogen-bond acceptors (Lipinski definition) is 0. The molecular weight excluding hydrogens is 264 g/mol. The first-order chi connectivity index (χ1) is 10.3. The van der Waals surface area contributed by atoms with E-state index in [2.05, 4.69) is 77.6 Å². The Morgan fingerprint density at radius 3 is 2.32 bits per heavy atom. The highest BCUT2D eigenvalue weighted by Gasteiger charge is 2.15. The highest BCUT2D eigenvalue weighted by Crippen LogP contribution is 2.26. The normalized spacial score (nSPS) is 11.5. The molecule has 0 nitrogen and oxygen atoms in total. The van der Waals surface area contributed by atoms with Gasteiger partial charge in [-0.25, -0.2) is 0 Å². The highest BCUT2D eigenvalue weighted by atomic mass is 14.2. The summed E-state index contributed by atoms with van der Waals surface area (Å²) in [7, 11) is 0. The first kappa shape index (κ1) is 16.5. The molecule has 2 aromatic rings. The van der Waals surface area contributed by atoms with Gasteiger partial charge in [0, 0.05) is 0 Å². The summed E-state index contributed by atoms with van der Waals surface area (Å²) in [5.74, 6) is 0. The monoisotopic (exact) mass is 292 g/mol. The standard InChI is InChI=1S/C22H28/c1-7-18-13-19(15-21(14-18)22(4,5)6)10-11-20-12-16(2)8-9-17(20)3/h7-9,12-15H,1,10-11H2,2-6H3. The zero-order valence-electron chi connectivity index (χ0n) is 14.7. The van der Waals surface area contributed by atoms with Crippen LogP contribution >= 0.6 is 0 Å². The van der Waals surface area contributed by atoms with Crippen molar-refractivity contribution in [3.05, 3.63) is 76.4 Å². The lowest BCUT2D eigenvalue weighted by Crippen LogP contribution is -2.12. The summed E-state index contributed by atoms with van der Waals surface area (Å²) in [6.07, 6.45) is 4.13. The maximum absolute atomic E-state index is 3.94. The quantitative estimate of drug-likeness (QED) is 0.645. The van der Waals surface area contributed by atoms with Gasteiger partial charge in [-0.2, -0.15) is 0 Å². The van der Waals surface area contributed by atoms with Crippen molar-refractivity contribution in [2.75, 3.05) is 0 Å². The van der Waals surface area contributed by atoms with Gasteiger partial charge in [0.1, 0.15) is 0 Å². The van der Waals surface area contributed by atoms with Gasteiger partial charge in [0.2, 0.25) is 0 Å². The lowest BCUT2D eigenvalue weighted by molar-refractivity contribution is 0.589. The molecule has 0 N–H and O–H groups in total. The van der Waals surface area contributed by atoms with Gasteiger partial charge in [-0.3, -0.25) is 0 Å². The van der Waals surface area contributed by atoms with E-state index in [0.717, 1.165) is 12.8 Å². The summed E-state index contributed by atoms with van der Waals surface area (Å²) in [6, 6.07) is 13.6. The Hall–Kier alpha value is -1.82. The smallest absolute Gasteiger partial charge is 0.0132 e. The average molecular weight is 292 g/mol. The molecule has 0 heterocycles. The molecule has 0 heteroatoms. The first-order valence-electron chi connectivity index (χ1n) is 8.12. The average Bonchev–Trinajstić information content (AvgIpc) is 2.47. The van der Waals surface area contributed by atoms with E-state index >= 15 is 0 Å². The van der Waals surface area contributed by atoms with E-state index in [0.29, 0.717) is 0 Å². The minimum absolute atomic E-state index is 0.174. The van der Waals surface area contributed by atoms with E-state index in [1.54, 1.807) is 0 Å². The third-order valence-electron chi connectivity index (χ3n) is 4.30. The van der Waals surface area contributed by atoms with Crippen LogP contribution in [-0.4, -0.2) is 0 Å². The molecule has 0 saturated carbocycles. The van der Waals surface area contributed by atoms with E-state index in [1.165, 1.54) is 33.4 Å². The van der Waals surface area contributed by atoms with Gasteiger partial charge in [-0.1, -0.05) is 75.4 Å². The molecule has 0 saturated heterocycles. The highest BCUT2D eigenvalue weighted by molar-refractivity contribution is 5.51. The number of aryl methyl sites for hydroxylation is 4. The maximum Gasteiger partial charge on any atom is -0.0132 e. The van der Waals surface area contributed by atoms with E-state index in [-0.39, 0.29) is 5.41 Å². The fourth-order valence-corrected chi connectivity index (χ4v) is 2.76. The van der Waals surface area contributed by atoms with Crippen molar-refractivity contribution in [2.24, 2.45) is 0 Å². The van der Waals surface area contributed by atoms with Crippen molar-refractivity contribution >= 4 is 6.08 Å².